The van der Waals surface area contributed by atoms with E-state index in [-0.39, 0.29) is 12.4 Å². The summed E-state index contributed by atoms with van der Waals surface area (Å²) in [5, 5.41) is 0. The van der Waals surface area contributed by atoms with E-state index >= 15 is 0 Å². The Labute approximate surface area is 80.7 Å². The Bertz CT molecular complexity index is 130. The summed E-state index contributed by atoms with van der Waals surface area (Å²) in [5.41, 5.74) is 0. The van der Waals surface area contributed by atoms with Gasteiger partial charge in [0.2, 0.25) is 0 Å². The first-order chi connectivity index (χ1) is 5.24. The molecule has 0 atom stereocenters. The normalized spacial score (nSPS) is 20.6. The van der Waals surface area contributed by atoms with Gasteiger partial charge in [-0.25, -0.2) is 0 Å². The summed E-state index contributed by atoms with van der Waals surface area (Å²) in [6.45, 7) is 6.62. The van der Waals surface area contributed by atoms with E-state index in [1.165, 1.54) is 0 Å². The van der Waals surface area contributed by atoms with Gasteiger partial charge in [-0.2, -0.15) is 0 Å². The minimum Gasteiger partial charge on any atom is -0.303 e. The van der Waals surface area contributed by atoms with Gasteiger partial charge in [0.1, 0.15) is 6.29 Å². The van der Waals surface area contributed by atoms with Gasteiger partial charge in [0.15, 0.2) is 0 Å². The summed E-state index contributed by atoms with van der Waals surface area (Å²) in [5.74, 6) is 0.338. The molecule has 3 heteroatoms. The molecule has 1 saturated heterocycles. The van der Waals surface area contributed by atoms with Crippen molar-refractivity contribution in [3.8, 4) is 0 Å². The highest BCUT2D eigenvalue weighted by Gasteiger charge is 2.19. The molecule has 1 fully saturated rings. The third-order valence-corrected chi connectivity index (χ3v) is 2.50. The van der Waals surface area contributed by atoms with E-state index in [0.29, 0.717) is 12.0 Å². The van der Waals surface area contributed by atoms with Crippen molar-refractivity contribution < 1.29 is 4.79 Å². The van der Waals surface area contributed by atoms with E-state index in [9.17, 15) is 4.79 Å². The first kappa shape index (κ1) is 11.9. The summed E-state index contributed by atoms with van der Waals surface area (Å²) in [6, 6.07) is 0.641. The van der Waals surface area contributed by atoms with Crippen LogP contribution in [0.1, 0.15) is 26.7 Å². The van der Waals surface area contributed by atoms with E-state index in [0.717, 1.165) is 32.2 Å². The zero-order valence-corrected chi connectivity index (χ0v) is 8.64. The molecule has 0 saturated carbocycles. The average molecular weight is 192 g/mol. The molecule has 0 spiro atoms. The van der Waals surface area contributed by atoms with E-state index in [4.69, 9.17) is 0 Å². The lowest BCUT2D eigenvalue weighted by Gasteiger charge is -2.32. The first-order valence-electron chi connectivity index (χ1n) is 4.43. The molecule has 12 heavy (non-hydrogen) atoms. The third kappa shape index (κ3) is 3.11. The summed E-state index contributed by atoms with van der Waals surface area (Å²) in [4.78, 5) is 12.8. The van der Waals surface area contributed by atoms with Gasteiger partial charge in [-0.15, -0.1) is 12.4 Å². The van der Waals surface area contributed by atoms with E-state index in [1.807, 2.05) is 0 Å². The molecule has 1 aliphatic heterocycles. The molecule has 1 heterocycles. The number of hydrogen-bond acceptors (Lipinski definition) is 2. The molecule has 0 aliphatic carbocycles. The Morgan fingerprint density at radius 1 is 1.33 bits per heavy atom. The molecule has 0 radical (unpaired) electrons. The van der Waals surface area contributed by atoms with Gasteiger partial charge in [-0.1, -0.05) is 0 Å². The summed E-state index contributed by atoms with van der Waals surface area (Å²) < 4.78 is 0. The smallest absolute Gasteiger partial charge is 0.123 e. The highest BCUT2D eigenvalue weighted by Crippen LogP contribution is 2.16. The molecule has 0 aromatic rings. The Hall–Kier alpha value is -0.0800. The molecule has 0 N–H and O–H groups in total. The van der Waals surface area contributed by atoms with Gasteiger partial charge in [-0.05, 0) is 39.8 Å². The fraction of sp³-hybridized carbons (Fsp3) is 0.889. The molecule has 1 aliphatic rings. The van der Waals surface area contributed by atoms with Crippen molar-refractivity contribution in [1.29, 1.82) is 0 Å². The topological polar surface area (TPSA) is 20.3 Å². The van der Waals surface area contributed by atoms with Crippen LogP contribution >= 0.6 is 12.4 Å². The molecular formula is C9H18ClNO. The van der Waals surface area contributed by atoms with Crippen molar-refractivity contribution in [2.45, 2.75) is 32.7 Å². The van der Waals surface area contributed by atoms with Gasteiger partial charge >= 0.3 is 0 Å². The maximum absolute atomic E-state index is 10.4. The number of carbonyl (C=O) groups is 1. The van der Waals surface area contributed by atoms with Crippen LogP contribution in [-0.2, 0) is 4.79 Å². The van der Waals surface area contributed by atoms with Crippen molar-refractivity contribution in [3.63, 3.8) is 0 Å². The van der Waals surface area contributed by atoms with Crippen LogP contribution < -0.4 is 0 Å². The zero-order chi connectivity index (χ0) is 8.27. The monoisotopic (exact) mass is 191 g/mol. The zero-order valence-electron chi connectivity index (χ0n) is 7.82. The second-order valence-electron chi connectivity index (χ2n) is 3.60. The minimum atomic E-state index is 0. The van der Waals surface area contributed by atoms with Gasteiger partial charge < -0.3 is 9.69 Å². The average Bonchev–Trinajstić information content (AvgIpc) is 2.05. The van der Waals surface area contributed by atoms with Crippen molar-refractivity contribution in [3.05, 3.63) is 0 Å². The van der Waals surface area contributed by atoms with Crippen LogP contribution in [-0.4, -0.2) is 30.3 Å². The quantitative estimate of drug-likeness (QED) is 0.620. The fourth-order valence-electron chi connectivity index (χ4n) is 1.57. The fourth-order valence-corrected chi connectivity index (χ4v) is 1.57. The summed E-state index contributed by atoms with van der Waals surface area (Å²) in [6.07, 6.45) is 3.22. The van der Waals surface area contributed by atoms with Gasteiger partial charge in [0.25, 0.3) is 0 Å². The Kier molecular flexibility index (Phi) is 5.51. The number of piperidine rings is 1. The van der Waals surface area contributed by atoms with E-state index < -0.39 is 0 Å². The molecule has 0 bridgehead atoms. The van der Waals surface area contributed by atoms with Crippen molar-refractivity contribution in [2.75, 3.05) is 13.1 Å². The van der Waals surface area contributed by atoms with Crippen molar-refractivity contribution in [2.24, 2.45) is 5.92 Å². The number of halogens is 1. The Balaban J connectivity index is 0.00000121. The molecular weight excluding hydrogens is 174 g/mol. The van der Waals surface area contributed by atoms with Crippen molar-refractivity contribution in [1.82, 2.24) is 4.90 Å². The van der Waals surface area contributed by atoms with Gasteiger partial charge in [-0.3, -0.25) is 0 Å². The molecule has 2 nitrogen and oxygen atoms in total. The predicted molar refractivity (Wildman–Crippen MR) is 52.7 cm³/mol. The van der Waals surface area contributed by atoms with Crippen molar-refractivity contribution >= 4 is 18.7 Å². The molecule has 0 unspecified atom stereocenters. The van der Waals surface area contributed by atoms with Crippen LogP contribution in [0.3, 0.4) is 0 Å². The highest BCUT2D eigenvalue weighted by molar-refractivity contribution is 5.85. The number of nitrogens with zero attached hydrogens (tertiary/aromatic N) is 1. The van der Waals surface area contributed by atoms with Crippen LogP contribution in [0.15, 0.2) is 0 Å². The Morgan fingerprint density at radius 3 is 2.17 bits per heavy atom. The standard InChI is InChI=1S/C9H17NO.ClH/c1-8(2)10-5-3-9(7-11)4-6-10;/h7-9H,3-6H2,1-2H3;1H. The molecule has 72 valence electrons. The van der Waals surface area contributed by atoms with Crippen LogP contribution in [0.5, 0.6) is 0 Å². The molecule has 1 rings (SSSR count). The second-order valence-corrected chi connectivity index (χ2v) is 3.60. The predicted octanol–water partition coefficient (Wildman–Crippen LogP) is 1.73. The first-order valence-corrected chi connectivity index (χ1v) is 4.43. The van der Waals surface area contributed by atoms with E-state index in [1.54, 1.807) is 0 Å². The number of carbonyl (C=O) groups excluding carboxylic acids is 1. The largest absolute Gasteiger partial charge is 0.303 e. The molecule has 0 aromatic heterocycles. The number of aldehydes is 1. The second kappa shape index (κ2) is 5.55. The molecule has 0 amide bonds. The van der Waals surface area contributed by atoms with Crippen LogP contribution in [0.2, 0.25) is 0 Å². The van der Waals surface area contributed by atoms with Crippen LogP contribution in [0.4, 0.5) is 0 Å². The third-order valence-electron chi connectivity index (χ3n) is 2.50. The van der Waals surface area contributed by atoms with Gasteiger partial charge in [0, 0.05) is 12.0 Å². The van der Waals surface area contributed by atoms with Crippen LogP contribution in [0.25, 0.3) is 0 Å². The van der Waals surface area contributed by atoms with E-state index in [2.05, 4.69) is 18.7 Å². The lowest BCUT2D eigenvalue weighted by Crippen LogP contribution is -2.38. The maximum Gasteiger partial charge on any atom is 0.123 e. The lowest BCUT2D eigenvalue weighted by molar-refractivity contribution is -0.112. The van der Waals surface area contributed by atoms with Gasteiger partial charge in [0.05, 0.1) is 0 Å². The Morgan fingerprint density at radius 2 is 1.83 bits per heavy atom. The van der Waals surface area contributed by atoms with Crippen LogP contribution in [0, 0.1) is 5.92 Å². The number of hydrogen-bond donors (Lipinski definition) is 0. The molecule has 0 aromatic carbocycles. The number of rotatable bonds is 2. The maximum atomic E-state index is 10.4. The lowest BCUT2D eigenvalue weighted by atomic mass is 9.98. The summed E-state index contributed by atoms with van der Waals surface area (Å²) >= 11 is 0. The minimum absolute atomic E-state index is 0. The highest BCUT2D eigenvalue weighted by atomic mass is 35.5. The summed E-state index contributed by atoms with van der Waals surface area (Å²) in [7, 11) is 0. The SMILES string of the molecule is CC(C)N1CCC(C=O)CC1.Cl. The number of likely N-dealkylation sites (tertiary alicyclic amines) is 1.